The lowest BCUT2D eigenvalue weighted by molar-refractivity contribution is 0.108. The first kappa shape index (κ1) is 13.3. The van der Waals surface area contributed by atoms with Gasteiger partial charge in [-0.3, -0.25) is 4.79 Å². The van der Waals surface area contributed by atoms with Gasteiger partial charge in [-0.2, -0.15) is 0 Å². The molecule has 0 spiro atoms. The van der Waals surface area contributed by atoms with Crippen LogP contribution in [0.2, 0.25) is 0 Å². The van der Waals surface area contributed by atoms with Crippen LogP contribution in [-0.4, -0.2) is 10.4 Å². The Morgan fingerprint density at radius 1 is 1.19 bits per heavy atom. The fourth-order valence-corrected chi connectivity index (χ4v) is 2.17. The lowest BCUT2D eigenvalue weighted by Gasteiger charge is -2.09. The highest BCUT2D eigenvalue weighted by atomic mass is 32.2. The van der Waals surface area contributed by atoms with Gasteiger partial charge in [0.1, 0.15) is 0 Å². The molecule has 0 aliphatic carbocycles. The number of hydrogen-bond acceptors (Lipinski definition) is 2. The minimum atomic E-state index is 0.172. The normalized spacial score (nSPS) is 12.8. The number of thioether (sulfide) groups is 1. The summed E-state index contributed by atoms with van der Waals surface area (Å²) in [5.74, 6) is 0.571. The summed E-state index contributed by atoms with van der Waals surface area (Å²) in [5.41, 5.74) is 2.12. The van der Waals surface area contributed by atoms with Crippen LogP contribution in [0.1, 0.15) is 56.0 Å². The van der Waals surface area contributed by atoms with Crippen LogP contribution < -0.4 is 0 Å². The van der Waals surface area contributed by atoms with Crippen LogP contribution in [0.4, 0.5) is 0 Å². The van der Waals surface area contributed by atoms with Gasteiger partial charge < -0.3 is 0 Å². The minimum absolute atomic E-state index is 0.172. The third-order valence-electron chi connectivity index (χ3n) is 2.67. The van der Waals surface area contributed by atoms with Gasteiger partial charge in [-0.1, -0.05) is 63.7 Å². The lowest BCUT2D eigenvalue weighted by atomic mass is 9.98. The van der Waals surface area contributed by atoms with Crippen molar-refractivity contribution in [1.29, 1.82) is 0 Å². The summed E-state index contributed by atoms with van der Waals surface area (Å²) in [6, 6.07) is 8.03. The molecule has 0 aliphatic rings. The van der Waals surface area contributed by atoms with Gasteiger partial charge in [0.15, 0.2) is 0 Å². The van der Waals surface area contributed by atoms with E-state index in [0.29, 0.717) is 11.2 Å². The Morgan fingerprint density at radius 2 is 1.75 bits per heavy atom. The van der Waals surface area contributed by atoms with Gasteiger partial charge >= 0.3 is 0 Å². The second kappa shape index (κ2) is 6.09. The number of hydrogen-bond donors (Lipinski definition) is 0. The Kier molecular flexibility index (Phi) is 5.07. The van der Waals surface area contributed by atoms with E-state index in [1.54, 1.807) is 0 Å². The average molecular weight is 236 g/mol. The van der Waals surface area contributed by atoms with Crippen molar-refractivity contribution in [3.8, 4) is 0 Å². The zero-order valence-electron chi connectivity index (χ0n) is 10.5. The molecule has 0 heterocycles. The zero-order valence-corrected chi connectivity index (χ0v) is 11.3. The molecule has 2 heteroatoms. The van der Waals surface area contributed by atoms with Crippen LogP contribution >= 0.6 is 11.8 Å². The molecule has 0 aliphatic heterocycles. The number of carbonyl (C=O) groups is 1. The van der Waals surface area contributed by atoms with Crippen molar-refractivity contribution in [1.82, 2.24) is 0 Å². The molecule has 88 valence electrons. The molecule has 0 aromatic heterocycles. The maximum absolute atomic E-state index is 11.8. The molecule has 0 saturated carbocycles. The van der Waals surface area contributed by atoms with E-state index in [1.807, 2.05) is 26.0 Å². The van der Waals surface area contributed by atoms with E-state index in [4.69, 9.17) is 0 Å². The Bertz CT molecular complexity index is 340. The van der Waals surface area contributed by atoms with Crippen molar-refractivity contribution in [2.75, 3.05) is 0 Å². The standard InChI is InChI=1S/C14H20OS/c1-5-11(4)12-6-8-13(9-7-12)14(15)16-10(2)3/h6-11H,5H2,1-4H3. The summed E-state index contributed by atoms with van der Waals surface area (Å²) in [7, 11) is 0. The molecular formula is C14H20OS. The van der Waals surface area contributed by atoms with E-state index in [2.05, 4.69) is 26.0 Å². The first-order valence-electron chi connectivity index (χ1n) is 5.85. The average Bonchev–Trinajstić information content (AvgIpc) is 2.27. The van der Waals surface area contributed by atoms with Crippen molar-refractivity contribution in [3.63, 3.8) is 0 Å². The lowest BCUT2D eigenvalue weighted by Crippen LogP contribution is -1.99. The van der Waals surface area contributed by atoms with Crippen molar-refractivity contribution in [2.45, 2.75) is 45.3 Å². The van der Waals surface area contributed by atoms with Gasteiger partial charge in [0.05, 0.1) is 0 Å². The number of benzene rings is 1. The molecule has 0 radical (unpaired) electrons. The van der Waals surface area contributed by atoms with Crippen LogP contribution in [0, 0.1) is 0 Å². The molecular weight excluding hydrogens is 216 g/mol. The fourth-order valence-electron chi connectivity index (χ4n) is 1.47. The van der Waals surface area contributed by atoms with Crippen LogP contribution in [0.3, 0.4) is 0 Å². The SMILES string of the molecule is CCC(C)c1ccc(C(=O)SC(C)C)cc1. The molecule has 0 fully saturated rings. The van der Waals surface area contributed by atoms with Gasteiger partial charge in [-0.25, -0.2) is 0 Å². The predicted molar refractivity (Wildman–Crippen MR) is 72.2 cm³/mol. The summed E-state index contributed by atoms with van der Waals surface area (Å²) in [6.45, 7) is 8.46. The molecule has 0 bridgehead atoms. The molecule has 1 nitrogen and oxygen atoms in total. The third-order valence-corrected chi connectivity index (χ3v) is 3.59. The zero-order chi connectivity index (χ0) is 12.1. The Labute approximate surface area is 103 Å². The maximum atomic E-state index is 11.8. The molecule has 1 aromatic carbocycles. The Balaban J connectivity index is 2.74. The second-order valence-corrected chi connectivity index (χ2v) is 5.93. The summed E-state index contributed by atoms with van der Waals surface area (Å²) in [4.78, 5) is 11.8. The largest absolute Gasteiger partial charge is 0.282 e. The van der Waals surface area contributed by atoms with E-state index in [1.165, 1.54) is 17.3 Å². The smallest absolute Gasteiger partial charge is 0.219 e. The molecule has 0 amide bonds. The van der Waals surface area contributed by atoms with E-state index in [0.717, 1.165) is 12.0 Å². The van der Waals surface area contributed by atoms with E-state index >= 15 is 0 Å². The summed E-state index contributed by atoms with van der Waals surface area (Å²) >= 11 is 1.39. The van der Waals surface area contributed by atoms with Gasteiger partial charge in [0.2, 0.25) is 5.12 Å². The fraction of sp³-hybridized carbons (Fsp3) is 0.500. The van der Waals surface area contributed by atoms with Gasteiger partial charge in [0, 0.05) is 10.8 Å². The Morgan fingerprint density at radius 3 is 2.19 bits per heavy atom. The Hall–Kier alpha value is -0.760. The predicted octanol–water partition coefficient (Wildman–Crippen LogP) is 4.48. The molecule has 1 rings (SSSR count). The number of carbonyl (C=O) groups excluding carboxylic acids is 1. The van der Waals surface area contributed by atoms with Crippen molar-refractivity contribution in [2.24, 2.45) is 0 Å². The third kappa shape index (κ3) is 3.67. The highest BCUT2D eigenvalue weighted by molar-refractivity contribution is 8.14. The topological polar surface area (TPSA) is 17.1 Å². The number of rotatable bonds is 4. The molecule has 1 atom stereocenters. The summed E-state index contributed by atoms with van der Waals surface area (Å²) in [6.07, 6.45) is 1.13. The summed E-state index contributed by atoms with van der Waals surface area (Å²) in [5, 5.41) is 0.521. The first-order chi connectivity index (χ1) is 7.54. The van der Waals surface area contributed by atoms with Crippen molar-refractivity contribution < 1.29 is 4.79 Å². The van der Waals surface area contributed by atoms with E-state index in [9.17, 15) is 4.79 Å². The van der Waals surface area contributed by atoms with Crippen LogP contribution in [0.5, 0.6) is 0 Å². The highest BCUT2D eigenvalue weighted by Crippen LogP contribution is 2.22. The van der Waals surface area contributed by atoms with Gasteiger partial charge in [-0.05, 0) is 17.9 Å². The van der Waals surface area contributed by atoms with E-state index < -0.39 is 0 Å². The van der Waals surface area contributed by atoms with Crippen molar-refractivity contribution >= 4 is 16.9 Å². The minimum Gasteiger partial charge on any atom is -0.282 e. The van der Waals surface area contributed by atoms with Crippen LogP contribution in [0.25, 0.3) is 0 Å². The first-order valence-corrected chi connectivity index (χ1v) is 6.73. The maximum Gasteiger partial charge on any atom is 0.219 e. The highest BCUT2D eigenvalue weighted by Gasteiger charge is 2.09. The van der Waals surface area contributed by atoms with Gasteiger partial charge in [0.25, 0.3) is 0 Å². The van der Waals surface area contributed by atoms with Crippen molar-refractivity contribution in [3.05, 3.63) is 35.4 Å². The molecule has 1 unspecified atom stereocenters. The van der Waals surface area contributed by atoms with E-state index in [-0.39, 0.29) is 5.12 Å². The van der Waals surface area contributed by atoms with Gasteiger partial charge in [-0.15, -0.1) is 0 Å². The molecule has 0 saturated heterocycles. The molecule has 16 heavy (non-hydrogen) atoms. The second-order valence-electron chi connectivity index (χ2n) is 4.39. The van der Waals surface area contributed by atoms with Crippen LogP contribution in [0.15, 0.2) is 24.3 Å². The molecule has 0 N–H and O–H groups in total. The molecule has 1 aromatic rings. The monoisotopic (exact) mass is 236 g/mol. The van der Waals surface area contributed by atoms with Crippen LogP contribution in [-0.2, 0) is 0 Å². The summed E-state index contributed by atoms with van der Waals surface area (Å²) < 4.78 is 0. The quantitative estimate of drug-likeness (QED) is 0.766.